The van der Waals surface area contributed by atoms with Crippen molar-refractivity contribution in [2.45, 2.75) is 50.5 Å². The summed E-state index contributed by atoms with van der Waals surface area (Å²) in [7, 11) is 0. The topological polar surface area (TPSA) is 77.8 Å². The highest BCUT2D eigenvalue weighted by Crippen LogP contribution is 2.43. The summed E-state index contributed by atoms with van der Waals surface area (Å²) in [5.41, 5.74) is -1.07. The first-order valence-electron chi connectivity index (χ1n) is 8.84. The third-order valence-electron chi connectivity index (χ3n) is 5.72. The first kappa shape index (κ1) is 18.2. The van der Waals surface area contributed by atoms with Crippen LogP contribution >= 0.6 is 11.6 Å². The Morgan fingerprint density at radius 2 is 1.76 bits per heavy atom. The Balaban J connectivity index is 1.75. The van der Waals surface area contributed by atoms with Crippen LogP contribution < -0.4 is 0 Å². The van der Waals surface area contributed by atoms with E-state index in [-0.39, 0.29) is 18.7 Å². The van der Waals surface area contributed by atoms with E-state index in [0.29, 0.717) is 24.5 Å². The van der Waals surface area contributed by atoms with E-state index < -0.39 is 17.0 Å². The Labute approximate surface area is 152 Å². The zero-order valence-electron chi connectivity index (χ0n) is 14.2. The fraction of sp³-hybridized carbons (Fsp3) is 0.579. The lowest BCUT2D eigenvalue weighted by atomic mass is 9.77. The van der Waals surface area contributed by atoms with Crippen LogP contribution in [0.1, 0.15) is 44.1 Å². The average molecular weight is 366 g/mol. The summed E-state index contributed by atoms with van der Waals surface area (Å²) < 4.78 is 0. The maximum absolute atomic E-state index is 13.3. The quantitative estimate of drug-likeness (QED) is 0.860. The van der Waals surface area contributed by atoms with Gasteiger partial charge in [-0.2, -0.15) is 0 Å². The number of aliphatic carboxylic acids is 1. The molecule has 0 radical (unpaired) electrons. The predicted octanol–water partition coefficient (Wildman–Crippen LogP) is 2.88. The van der Waals surface area contributed by atoms with Crippen LogP contribution in [0.5, 0.6) is 0 Å². The number of amides is 1. The molecule has 0 atom stereocenters. The Kier molecular flexibility index (Phi) is 5.07. The molecule has 0 spiro atoms. The van der Waals surface area contributed by atoms with Crippen molar-refractivity contribution in [1.82, 2.24) is 4.90 Å². The van der Waals surface area contributed by atoms with E-state index in [0.717, 1.165) is 31.2 Å². The molecule has 1 saturated heterocycles. The number of piperidine rings is 1. The van der Waals surface area contributed by atoms with Gasteiger partial charge in [0.05, 0.1) is 5.41 Å². The van der Waals surface area contributed by atoms with E-state index in [1.54, 1.807) is 4.90 Å². The monoisotopic (exact) mass is 365 g/mol. The number of halogens is 1. The van der Waals surface area contributed by atoms with Crippen molar-refractivity contribution < 1.29 is 19.8 Å². The van der Waals surface area contributed by atoms with Gasteiger partial charge in [0.2, 0.25) is 5.91 Å². The molecule has 1 saturated carbocycles. The molecule has 0 bridgehead atoms. The minimum atomic E-state index is -1.70. The molecule has 6 heteroatoms. The van der Waals surface area contributed by atoms with Crippen molar-refractivity contribution in [2.24, 2.45) is 5.41 Å². The molecule has 2 aliphatic rings. The third kappa shape index (κ3) is 3.67. The Morgan fingerprint density at radius 3 is 2.32 bits per heavy atom. The summed E-state index contributed by atoms with van der Waals surface area (Å²) in [6.07, 6.45) is 4.57. The van der Waals surface area contributed by atoms with E-state index in [1.807, 2.05) is 24.3 Å². The molecule has 1 aliphatic carbocycles. The largest absolute Gasteiger partial charge is 0.479 e. The van der Waals surface area contributed by atoms with E-state index in [4.69, 9.17) is 16.7 Å². The smallest absolute Gasteiger partial charge is 0.335 e. The Hall–Kier alpha value is -1.59. The summed E-state index contributed by atoms with van der Waals surface area (Å²) >= 11 is 6.09. The number of carbonyl (C=O) groups is 2. The van der Waals surface area contributed by atoms with Crippen molar-refractivity contribution >= 4 is 23.5 Å². The number of carboxylic acids is 1. The van der Waals surface area contributed by atoms with Crippen LogP contribution in [0.3, 0.4) is 0 Å². The van der Waals surface area contributed by atoms with Crippen LogP contribution in [0.25, 0.3) is 0 Å². The standard InChI is InChI=1S/C19H24ClNO4/c20-15-5-3-4-14(12-15)13-18(6-1-2-7-18)16(22)21-10-8-19(25,9-11-21)17(23)24/h3-5,12,25H,1-2,6-11,13H2,(H,23,24). The highest BCUT2D eigenvalue weighted by Gasteiger charge is 2.47. The van der Waals surface area contributed by atoms with Crippen molar-refractivity contribution in [3.63, 3.8) is 0 Å². The van der Waals surface area contributed by atoms with Crippen LogP contribution in [0.15, 0.2) is 24.3 Å². The summed E-state index contributed by atoms with van der Waals surface area (Å²) in [6, 6.07) is 7.64. The third-order valence-corrected chi connectivity index (χ3v) is 5.96. The van der Waals surface area contributed by atoms with Gasteiger partial charge >= 0.3 is 5.97 Å². The maximum atomic E-state index is 13.3. The number of carbonyl (C=O) groups excluding carboxylic acids is 1. The number of hydrogen-bond donors (Lipinski definition) is 2. The highest BCUT2D eigenvalue weighted by atomic mass is 35.5. The summed E-state index contributed by atoms with van der Waals surface area (Å²) in [4.78, 5) is 26.2. The highest BCUT2D eigenvalue weighted by molar-refractivity contribution is 6.30. The number of aliphatic hydroxyl groups is 1. The molecule has 1 amide bonds. The molecular weight excluding hydrogens is 342 g/mol. The molecular formula is C19H24ClNO4. The van der Waals surface area contributed by atoms with Gasteiger partial charge in [0.25, 0.3) is 0 Å². The molecule has 3 rings (SSSR count). The van der Waals surface area contributed by atoms with Gasteiger partial charge in [-0.15, -0.1) is 0 Å². The normalized spacial score (nSPS) is 21.9. The van der Waals surface area contributed by atoms with Gasteiger partial charge in [0, 0.05) is 31.0 Å². The fourth-order valence-corrected chi connectivity index (χ4v) is 4.40. The van der Waals surface area contributed by atoms with E-state index in [9.17, 15) is 14.7 Å². The van der Waals surface area contributed by atoms with Crippen molar-refractivity contribution in [3.8, 4) is 0 Å². The molecule has 0 aromatic heterocycles. The molecule has 0 unspecified atom stereocenters. The SMILES string of the molecule is O=C(O)C1(O)CCN(C(=O)C2(Cc3cccc(Cl)c3)CCCC2)CC1. The summed E-state index contributed by atoms with van der Waals surface area (Å²) in [5.74, 6) is -1.11. The molecule has 136 valence electrons. The maximum Gasteiger partial charge on any atom is 0.335 e. The molecule has 1 heterocycles. The molecule has 2 N–H and O–H groups in total. The Morgan fingerprint density at radius 1 is 1.12 bits per heavy atom. The second-order valence-corrected chi connectivity index (χ2v) is 7.86. The number of benzene rings is 1. The van der Waals surface area contributed by atoms with Crippen molar-refractivity contribution in [3.05, 3.63) is 34.9 Å². The molecule has 1 aliphatic heterocycles. The fourth-order valence-electron chi connectivity index (χ4n) is 4.18. The van der Waals surface area contributed by atoms with Crippen LogP contribution in [0.2, 0.25) is 5.02 Å². The number of nitrogens with zero attached hydrogens (tertiary/aromatic N) is 1. The predicted molar refractivity (Wildman–Crippen MR) is 94.5 cm³/mol. The minimum absolute atomic E-state index is 0.0846. The number of hydrogen-bond acceptors (Lipinski definition) is 3. The van der Waals surface area contributed by atoms with Crippen LogP contribution in [-0.2, 0) is 16.0 Å². The van der Waals surface area contributed by atoms with Crippen molar-refractivity contribution in [2.75, 3.05) is 13.1 Å². The lowest BCUT2D eigenvalue weighted by Gasteiger charge is -2.40. The zero-order chi connectivity index (χ0) is 18.1. The van der Waals surface area contributed by atoms with E-state index in [2.05, 4.69) is 0 Å². The average Bonchev–Trinajstić information content (AvgIpc) is 3.04. The minimum Gasteiger partial charge on any atom is -0.479 e. The Bertz CT molecular complexity index is 661. The number of carboxylic acid groups (broad SMARTS) is 1. The van der Waals surface area contributed by atoms with Gasteiger partial charge in [0.15, 0.2) is 5.60 Å². The van der Waals surface area contributed by atoms with Gasteiger partial charge in [-0.25, -0.2) is 4.79 Å². The van der Waals surface area contributed by atoms with Gasteiger partial charge in [0.1, 0.15) is 0 Å². The van der Waals surface area contributed by atoms with Gasteiger partial charge in [-0.05, 0) is 37.0 Å². The summed E-state index contributed by atoms with van der Waals surface area (Å²) in [6.45, 7) is 0.581. The first-order valence-corrected chi connectivity index (χ1v) is 9.22. The number of rotatable bonds is 4. The molecule has 5 nitrogen and oxygen atoms in total. The van der Waals surface area contributed by atoms with Gasteiger partial charge in [-0.1, -0.05) is 36.6 Å². The second-order valence-electron chi connectivity index (χ2n) is 7.42. The molecule has 2 fully saturated rings. The van der Waals surface area contributed by atoms with Crippen LogP contribution in [-0.4, -0.2) is 45.7 Å². The van der Waals surface area contributed by atoms with Gasteiger partial charge in [-0.3, -0.25) is 4.79 Å². The second kappa shape index (κ2) is 6.96. The lowest BCUT2D eigenvalue weighted by Crippen LogP contribution is -2.54. The van der Waals surface area contributed by atoms with Crippen LogP contribution in [0.4, 0.5) is 0 Å². The molecule has 25 heavy (non-hydrogen) atoms. The summed E-state index contributed by atoms with van der Waals surface area (Å²) in [5, 5.41) is 19.9. The van der Waals surface area contributed by atoms with Crippen molar-refractivity contribution in [1.29, 1.82) is 0 Å². The molecule has 1 aromatic carbocycles. The van der Waals surface area contributed by atoms with Crippen LogP contribution in [0, 0.1) is 5.41 Å². The van der Waals surface area contributed by atoms with E-state index in [1.165, 1.54) is 0 Å². The van der Waals surface area contributed by atoms with Gasteiger partial charge < -0.3 is 15.1 Å². The lowest BCUT2D eigenvalue weighted by molar-refractivity contribution is -0.167. The first-order chi connectivity index (χ1) is 11.8. The van der Waals surface area contributed by atoms with E-state index >= 15 is 0 Å². The number of likely N-dealkylation sites (tertiary alicyclic amines) is 1. The zero-order valence-corrected chi connectivity index (χ0v) is 15.0. The molecule has 1 aromatic rings.